The molecule has 17 heavy (non-hydrogen) atoms. The number of rotatable bonds is 2. The summed E-state index contributed by atoms with van der Waals surface area (Å²) in [7, 11) is 0. The Balaban J connectivity index is 2.01. The van der Waals surface area contributed by atoms with E-state index in [2.05, 4.69) is 22.8 Å². The number of ketones is 1. The minimum Gasteiger partial charge on any atom is -0.303 e. The van der Waals surface area contributed by atoms with Crippen molar-refractivity contribution in [3.05, 3.63) is 0 Å². The van der Waals surface area contributed by atoms with Gasteiger partial charge in [-0.3, -0.25) is 9.69 Å². The molecule has 4 nitrogen and oxygen atoms in total. The molecule has 0 aromatic carbocycles. The monoisotopic (exact) mass is 235 g/mol. The van der Waals surface area contributed by atoms with Crippen LogP contribution >= 0.6 is 0 Å². The fraction of sp³-hybridized carbons (Fsp3) is 0.846. The topological polar surface area (TPSA) is 47.3 Å². The fourth-order valence-electron chi connectivity index (χ4n) is 2.92. The van der Waals surface area contributed by atoms with Crippen molar-refractivity contribution in [1.82, 2.24) is 9.80 Å². The van der Waals surface area contributed by atoms with Gasteiger partial charge in [-0.05, 0) is 19.4 Å². The summed E-state index contributed by atoms with van der Waals surface area (Å²) in [5, 5.41) is 9.52. The molecule has 2 heterocycles. The van der Waals surface area contributed by atoms with Gasteiger partial charge in [0.1, 0.15) is 11.3 Å². The molecule has 0 bridgehead atoms. The van der Waals surface area contributed by atoms with Crippen LogP contribution in [0.15, 0.2) is 0 Å². The predicted octanol–water partition coefficient (Wildman–Crippen LogP) is 1.03. The van der Waals surface area contributed by atoms with Crippen molar-refractivity contribution < 1.29 is 4.79 Å². The number of piperidine rings is 2. The Labute approximate surface area is 103 Å². The molecule has 0 spiro atoms. The standard InChI is InChI=1S/C13H21N3O/c1-2-15-9-5-13(11-14,6-10-15)16-7-3-12(17)4-8-16/h2-10H2,1H3. The number of carbonyl (C=O) groups is 1. The minimum atomic E-state index is -0.299. The van der Waals surface area contributed by atoms with E-state index in [0.29, 0.717) is 18.6 Å². The van der Waals surface area contributed by atoms with Crippen LogP contribution in [0.1, 0.15) is 32.6 Å². The maximum absolute atomic E-state index is 11.3. The lowest BCUT2D eigenvalue weighted by atomic mass is 9.85. The van der Waals surface area contributed by atoms with Crippen LogP contribution in [-0.4, -0.2) is 53.8 Å². The van der Waals surface area contributed by atoms with Gasteiger partial charge in [0, 0.05) is 39.0 Å². The van der Waals surface area contributed by atoms with Gasteiger partial charge < -0.3 is 4.90 Å². The van der Waals surface area contributed by atoms with E-state index in [0.717, 1.165) is 45.6 Å². The Hall–Kier alpha value is -0.920. The Morgan fingerprint density at radius 1 is 1.24 bits per heavy atom. The van der Waals surface area contributed by atoms with Crippen molar-refractivity contribution in [3.63, 3.8) is 0 Å². The summed E-state index contributed by atoms with van der Waals surface area (Å²) in [6.45, 7) is 6.80. The second-order valence-corrected chi connectivity index (χ2v) is 5.10. The molecule has 4 heteroatoms. The second-order valence-electron chi connectivity index (χ2n) is 5.10. The number of Topliss-reactive ketones (excluding diaryl/α,β-unsaturated/α-hetero) is 1. The zero-order chi connectivity index (χ0) is 12.3. The number of nitriles is 1. The molecular formula is C13H21N3O. The van der Waals surface area contributed by atoms with Crippen LogP contribution < -0.4 is 0 Å². The van der Waals surface area contributed by atoms with Crippen LogP contribution in [0.5, 0.6) is 0 Å². The fourth-order valence-corrected chi connectivity index (χ4v) is 2.92. The van der Waals surface area contributed by atoms with Crippen LogP contribution in [0.2, 0.25) is 0 Å². The number of likely N-dealkylation sites (tertiary alicyclic amines) is 2. The zero-order valence-corrected chi connectivity index (χ0v) is 10.6. The van der Waals surface area contributed by atoms with Gasteiger partial charge in [-0.15, -0.1) is 0 Å². The summed E-state index contributed by atoms with van der Waals surface area (Å²) in [5.74, 6) is 0.348. The van der Waals surface area contributed by atoms with Crippen LogP contribution in [0, 0.1) is 11.3 Å². The molecule has 0 amide bonds. The molecule has 2 fully saturated rings. The van der Waals surface area contributed by atoms with E-state index in [-0.39, 0.29) is 5.54 Å². The van der Waals surface area contributed by atoms with E-state index < -0.39 is 0 Å². The van der Waals surface area contributed by atoms with Gasteiger partial charge >= 0.3 is 0 Å². The molecule has 94 valence electrons. The molecular weight excluding hydrogens is 214 g/mol. The van der Waals surface area contributed by atoms with E-state index in [9.17, 15) is 10.1 Å². The maximum atomic E-state index is 11.3. The number of hydrogen-bond acceptors (Lipinski definition) is 4. The minimum absolute atomic E-state index is 0.299. The predicted molar refractivity (Wildman–Crippen MR) is 65.5 cm³/mol. The lowest BCUT2D eigenvalue weighted by Gasteiger charge is -2.45. The highest BCUT2D eigenvalue weighted by atomic mass is 16.1. The van der Waals surface area contributed by atoms with Crippen LogP contribution in [0.3, 0.4) is 0 Å². The summed E-state index contributed by atoms with van der Waals surface area (Å²) >= 11 is 0. The van der Waals surface area contributed by atoms with Crippen LogP contribution in [0.25, 0.3) is 0 Å². The summed E-state index contributed by atoms with van der Waals surface area (Å²) in [6, 6.07) is 2.53. The highest BCUT2D eigenvalue weighted by molar-refractivity contribution is 5.79. The van der Waals surface area contributed by atoms with Crippen LogP contribution in [-0.2, 0) is 4.79 Å². The maximum Gasteiger partial charge on any atom is 0.135 e. The van der Waals surface area contributed by atoms with Gasteiger partial charge in [0.05, 0.1) is 6.07 Å². The molecule has 0 saturated carbocycles. The van der Waals surface area contributed by atoms with Gasteiger partial charge in [0.25, 0.3) is 0 Å². The van der Waals surface area contributed by atoms with Crippen molar-refractivity contribution >= 4 is 5.78 Å². The number of carbonyl (C=O) groups excluding carboxylic acids is 1. The molecule has 0 N–H and O–H groups in total. The molecule has 0 unspecified atom stereocenters. The van der Waals surface area contributed by atoms with Crippen molar-refractivity contribution in [2.75, 3.05) is 32.7 Å². The molecule has 2 aliphatic heterocycles. The largest absolute Gasteiger partial charge is 0.303 e. The van der Waals surface area contributed by atoms with Gasteiger partial charge in [-0.1, -0.05) is 6.92 Å². The molecule has 0 aliphatic carbocycles. The molecule has 0 aromatic rings. The average molecular weight is 235 g/mol. The van der Waals surface area contributed by atoms with Crippen molar-refractivity contribution in [1.29, 1.82) is 5.26 Å². The summed E-state index contributed by atoms with van der Waals surface area (Å²) in [6.07, 6.45) is 3.10. The normalized spacial score (nSPS) is 26.7. The molecule has 2 aliphatic rings. The Morgan fingerprint density at radius 3 is 2.29 bits per heavy atom. The number of nitrogens with zero attached hydrogens (tertiary/aromatic N) is 3. The quantitative estimate of drug-likeness (QED) is 0.717. The highest BCUT2D eigenvalue weighted by Gasteiger charge is 2.40. The third-order valence-corrected chi connectivity index (χ3v) is 4.26. The van der Waals surface area contributed by atoms with Crippen LogP contribution in [0.4, 0.5) is 0 Å². The average Bonchev–Trinajstić information content (AvgIpc) is 2.40. The van der Waals surface area contributed by atoms with E-state index in [1.54, 1.807) is 0 Å². The Kier molecular flexibility index (Phi) is 3.80. The molecule has 2 rings (SSSR count). The lowest BCUT2D eigenvalue weighted by Crippen LogP contribution is -2.56. The lowest BCUT2D eigenvalue weighted by molar-refractivity contribution is -0.122. The van der Waals surface area contributed by atoms with Gasteiger partial charge in [0.15, 0.2) is 0 Å². The van der Waals surface area contributed by atoms with Gasteiger partial charge in [-0.25, -0.2) is 0 Å². The highest BCUT2D eigenvalue weighted by Crippen LogP contribution is 2.30. The first-order chi connectivity index (χ1) is 8.20. The summed E-state index contributed by atoms with van der Waals surface area (Å²) < 4.78 is 0. The number of hydrogen-bond donors (Lipinski definition) is 0. The Morgan fingerprint density at radius 2 is 1.82 bits per heavy atom. The summed E-state index contributed by atoms with van der Waals surface area (Å²) in [5.41, 5.74) is -0.299. The van der Waals surface area contributed by atoms with E-state index >= 15 is 0 Å². The smallest absolute Gasteiger partial charge is 0.135 e. The Bertz CT molecular complexity index is 316. The third-order valence-electron chi connectivity index (χ3n) is 4.26. The molecule has 0 atom stereocenters. The summed E-state index contributed by atoms with van der Waals surface area (Å²) in [4.78, 5) is 15.9. The van der Waals surface area contributed by atoms with E-state index in [1.807, 2.05) is 0 Å². The van der Waals surface area contributed by atoms with Crippen molar-refractivity contribution in [2.24, 2.45) is 0 Å². The molecule has 0 radical (unpaired) electrons. The first-order valence-electron chi connectivity index (χ1n) is 6.60. The van der Waals surface area contributed by atoms with Crippen molar-refractivity contribution in [2.45, 2.75) is 38.1 Å². The van der Waals surface area contributed by atoms with Crippen molar-refractivity contribution in [3.8, 4) is 6.07 Å². The van der Waals surface area contributed by atoms with Gasteiger partial charge in [-0.2, -0.15) is 5.26 Å². The zero-order valence-electron chi connectivity index (χ0n) is 10.6. The van der Waals surface area contributed by atoms with E-state index in [1.165, 1.54) is 0 Å². The SMILES string of the molecule is CCN1CCC(C#N)(N2CCC(=O)CC2)CC1. The second kappa shape index (κ2) is 5.16. The first-order valence-corrected chi connectivity index (χ1v) is 6.60. The first kappa shape index (κ1) is 12.5. The molecule has 0 aromatic heterocycles. The molecule has 2 saturated heterocycles. The third kappa shape index (κ3) is 2.51. The van der Waals surface area contributed by atoms with E-state index in [4.69, 9.17) is 0 Å². The van der Waals surface area contributed by atoms with Gasteiger partial charge in [0.2, 0.25) is 0 Å².